The summed E-state index contributed by atoms with van der Waals surface area (Å²) < 4.78 is 31.6. The fraction of sp³-hybridized carbons (Fsp3) is 0.556. The third kappa shape index (κ3) is 3.44. The minimum absolute atomic E-state index is 0.0618. The molecular weight excluding hydrogens is 262 g/mol. The van der Waals surface area contributed by atoms with Crippen LogP contribution in [0.1, 0.15) is 17.4 Å². The molecule has 18 heavy (non-hydrogen) atoms. The van der Waals surface area contributed by atoms with Crippen molar-refractivity contribution in [1.29, 1.82) is 0 Å². The Bertz CT molecular complexity index is 536. The van der Waals surface area contributed by atoms with E-state index in [4.69, 9.17) is 9.84 Å². The fourth-order valence-electron chi connectivity index (χ4n) is 1.35. The average molecular weight is 277 g/mol. The number of aromatic nitrogens is 2. The van der Waals surface area contributed by atoms with E-state index in [1.54, 1.807) is 6.92 Å². The van der Waals surface area contributed by atoms with Gasteiger partial charge in [0.2, 0.25) is 10.0 Å². The van der Waals surface area contributed by atoms with E-state index in [0.29, 0.717) is 0 Å². The second kappa shape index (κ2) is 5.36. The number of aryl methyl sites for hydroxylation is 1. The number of methoxy groups -OCH3 is 1. The van der Waals surface area contributed by atoms with E-state index in [9.17, 15) is 13.2 Å². The third-order valence-electron chi connectivity index (χ3n) is 2.26. The number of nitrogens with one attached hydrogen (secondary N) is 1. The van der Waals surface area contributed by atoms with Crippen LogP contribution in [0.5, 0.6) is 0 Å². The minimum Gasteiger partial charge on any atom is -0.476 e. The number of carbonyl (C=O) groups is 1. The van der Waals surface area contributed by atoms with Gasteiger partial charge in [0.1, 0.15) is 5.69 Å². The lowest BCUT2D eigenvalue weighted by molar-refractivity contribution is 0.0686. The summed E-state index contributed by atoms with van der Waals surface area (Å²) in [6.45, 7) is 1.60. The van der Waals surface area contributed by atoms with E-state index in [0.717, 1.165) is 10.9 Å². The average Bonchev–Trinajstić information content (AvgIpc) is 2.57. The zero-order valence-electron chi connectivity index (χ0n) is 10.2. The highest BCUT2D eigenvalue weighted by atomic mass is 32.2. The highest BCUT2D eigenvalue weighted by molar-refractivity contribution is 7.92. The van der Waals surface area contributed by atoms with Crippen molar-refractivity contribution in [3.05, 3.63) is 11.9 Å². The van der Waals surface area contributed by atoms with Gasteiger partial charge >= 0.3 is 5.97 Å². The van der Waals surface area contributed by atoms with Crippen molar-refractivity contribution in [2.75, 3.05) is 17.6 Å². The van der Waals surface area contributed by atoms with E-state index in [-0.39, 0.29) is 17.1 Å². The van der Waals surface area contributed by atoms with Crippen LogP contribution in [0, 0.1) is 0 Å². The number of carboxylic acid groups (broad SMARTS) is 1. The molecule has 0 fully saturated rings. The van der Waals surface area contributed by atoms with Crippen LogP contribution in [0.4, 0.5) is 5.69 Å². The van der Waals surface area contributed by atoms with E-state index in [1.807, 2.05) is 0 Å². The normalized spacial score (nSPS) is 13.3. The van der Waals surface area contributed by atoms with Gasteiger partial charge in [-0.15, -0.1) is 0 Å². The van der Waals surface area contributed by atoms with Gasteiger partial charge in [0.25, 0.3) is 0 Å². The maximum Gasteiger partial charge on any atom is 0.356 e. The summed E-state index contributed by atoms with van der Waals surface area (Å²) in [5.41, 5.74) is -0.281. The van der Waals surface area contributed by atoms with E-state index in [1.165, 1.54) is 14.2 Å². The summed E-state index contributed by atoms with van der Waals surface area (Å²) in [6.07, 6.45) is 0.658. The highest BCUT2D eigenvalue weighted by Gasteiger charge is 2.22. The van der Waals surface area contributed by atoms with Gasteiger partial charge in [-0.05, 0) is 6.92 Å². The molecule has 9 heteroatoms. The molecule has 0 saturated heterocycles. The van der Waals surface area contributed by atoms with Gasteiger partial charge in [0, 0.05) is 14.2 Å². The molecule has 0 spiro atoms. The van der Waals surface area contributed by atoms with Crippen molar-refractivity contribution in [3.8, 4) is 0 Å². The number of rotatable bonds is 6. The van der Waals surface area contributed by atoms with E-state index in [2.05, 4.69) is 9.82 Å². The number of aromatic carboxylic acids is 1. The van der Waals surface area contributed by atoms with E-state index >= 15 is 0 Å². The Morgan fingerprint density at radius 2 is 2.28 bits per heavy atom. The molecule has 0 bridgehead atoms. The maximum atomic E-state index is 11.7. The molecule has 0 aromatic carbocycles. The number of hydrogen-bond acceptors (Lipinski definition) is 5. The van der Waals surface area contributed by atoms with Crippen molar-refractivity contribution in [1.82, 2.24) is 9.78 Å². The predicted molar refractivity (Wildman–Crippen MR) is 64.0 cm³/mol. The van der Waals surface area contributed by atoms with Gasteiger partial charge in [-0.2, -0.15) is 5.10 Å². The predicted octanol–water partition coefficient (Wildman–Crippen LogP) is -0.105. The van der Waals surface area contributed by atoms with Gasteiger partial charge in [-0.3, -0.25) is 9.40 Å². The van der Waals surface area contributed by atoms with Gasteiger partial charge in [0.05, 0.1) is 18.1 Å². The van der Waals surface area contributed by atoms with Crippen molar-refractivity contribution >= 4 is 21.7 Å². The number of sulfonamides is 1. The van der Waals surface area contributed by atoms with Crippen LogP contribution in [-0.2, 0) is 21.8 Å². The SMILES string of the molecule is COC(C)CS(=O)(=O)Nc1cnn(C)c1C(=O)O. The molecule has 0 aliphatic carbocycles. The quantitative estimate of drug-likeness (QED) is 0.751. The molecule has 1 rings (SSSR count). The van der Waals surface area contributed by atoms with Gasteiger partial charge in [-0.1, -0.05) is 0 Å². The molecular formula is C9H15N3O5S. The summed E-state index contributed by atoms with van der Waals surface area (Å²) in [4.78, 5) is 10.9. The standard InChI is InChI=1S/C9H15N3O5S/c1-6(17-3)5-18(15,16)11-7-4-10-12(2)8(7)9(13)14/h4,6,11H,5H2,1-3H3,(H,13,14). The molecule has 1 aromatic rings. The first-order valence-electron chi connectivity index (χ1n) is 5.05. The minimum atomic E-state index is -3.68. The smallest absolute Gasteiger partial charge is 0.356 e. The number of ether oxygens (including phenoxy) is 1. The maximum absolute atomic E-state index is 11.7. The molecule has 0 saturated carbocycles. The zero-order chi connectivity index (χ0) is 13.9. The summed E-state index contributed by atoms with van der Waals surface area (Å²) >= 11 is 0. The van der Waals surface area contributed by atoms with E-state index < -0.39 is 22.1 Å². The Hall–Kier alpha value is -1.61. The topological polar surface area (TPSA) is 111 Å². The molecule has 0 aliphatic rings. The number of hydrogen-bond donors (Lipinski definition) is 2. The van der Waals surface area contributed by atoms with Crippen LogP contribution in [-0.4, -0.2) is 48.2 Å². The lowest BCUT2D eigenvalue weighted by Gasteiger charge is -2.11. The molecule has 1 aromatic heterocycles. The highest BCUT2D eigenvalue weighted by Crippen LogP contribution is 2.16. The Morgan fingerprint density at radius 3 is 2.78 bits per heavy atom. The van der Waals surface area contributed by atoms with Crippen molar-refractivity contribution < 1.29 is 23.1 Å². The molecule has 2 N–H and O–H groups in total. The number of anilines is 1. The first kappa shape index (κ1) is 14.5. The van der Waals surface area contributed by atoms with Crippen molar-refractivity contribution in [3.63, 3.8) is 0 Å². The second-order valence-corrected chi connectivity index (χ2v) is 5.53. The summed E-state index contributed by atoms with van der Waals surface area (Å²) in [5.74, 6) is -1.52. The zero-order valence-corrected chi connectivity index (χ0v) is 11.1. The molecule has 0 aliphatic heterocycles. The Balaban J connectivity index is 2.95. The summed E-state index contributed by atoms with van der Waals surface area (Å²) in [7, 11) is -0.869. The Labute approximate surface area is 105 Å². The first-order valence-corrected chi connectivity index (χ1v) is 6.70. The summed E-state index contributed by atoms with van der Waals surface area (Å²) in [6, 6.07) is 0. The van der Waals surface area contributed by atoms with Crippen LogP contribution in [0.25, 0.3) is 0 Å². The van der Waals surface area contributed by atoms with Crippen LogP contribution in [0.2, 0.25) is 0 Å². The van der Waals surface area contributed by atoms with Crippen LogP contribution >= 0.6 is 0 Å². The fourth-order valence-corrected chi connectivity index (χ4v) is 2.67. The van der Waals surface area contributed by atoms with Gasteiger partial charge in [-0.25, -0.2) is 13.2 Å². The van der Waals surface area contributed by atoms with Gasteiger partial charge < -0.3 is 9.84 Å². The number of nitrogens with zero attached hydrogens (tertiary/aromatic N) is 2. The molecule has 1 unspecified atom stereocenters. The molecule has 0 amide bonds. The Kier molecular flexibility index (Phi) is 4.30. The molecule has 0 radical (unpaired) electrons. The summed E-state index contributed by atoms with van der Waals surface area (Å²) in [5, 5.41) is 12.6. The second-order valence-electron chi connectivity index (χ2n) is 3.77. The van der Waals surface area contributed by atoms with Crippen LogP contribution < -0.4 is 4.72 Å². The third-order valence-corrected chi connectivity index (χ3v) is 3.70. The van der Waals surface area contributed by atoms with Crippen molar-refractivity contribution in [2.45, 2.75) is 13.0 Å². The first-order chi connectivity index (χ1) is 8.26. The van der Waals surface area contributed by atoms with Crippen molar-refractivity contribution in [2.24, 2.45) is 7.05 Å². The molecule has 8 nitrogen and oxygen atoms in total. The molecule has 1 heterocycles. The monoisotopic (exact) mass is 277 g/mol. The molecule has 102 valence electrons. The molecule has 1 atom stereocenters. The number of carboxylic acids is 1. The van der Waals surface area contributed by atoms with Gasteiger partial charge in [0.15, 0.2) is 5.69 Å². The van der Waals surface area contributed by atoms with Crippen LogP contribution in [0.3, 0.4) is 0 Å². The Morgan fingerprint density at radius 1 is 1.67 bits per heavy atom. The van der Waals surface area contributed by atoms with Crippen LogP contribution in [0.15, 0.2) is 6.20 Å². The largest absolute Gasteiger partial charge is 0.476 e. The lowest BCUT2D eigenvalue weighted by Crippen LogP contribution is -2.26. The lowest BCUT2D eigenvalue weighted by atomic mass is 10.4.